The molecule has 3 N–H and O–H groups in total. The molecule has 10 nitrogen and oxygen atoms in total. The lowest BCUT2D eigenvalue weighted by molar-refractivity contribution is -0.257. The molecule has 3 saturated carbocycles. The van der Waals surface area contributed by atoms with Crippen molar-refractivity contribution < 1.29 is 24.1 Å². The standard InChI is InChI=1S/C44H67N5O5/c1-27(2)28(3)39(7)18-19-41(9)30-14-15-33-40(8)23-52-25-44(33,31(30)16-17-42(41,10)36(39)54-37(50)51)21-32(34(40)53-24-43(11,45)38(4,5)6)49-35(47-26-48-49)29-13-12-20-46-22-29/h12-13,16,20,22,26-28,30,32-34,36H,14-15,17-19,21,23-25,45H2,1-11H3,(H,50,51)/t28-,30+,32-,33+,34+,36-,39-,40-,41-,42-,43+,44+/m1/s1. The van der Waals surface area contributed by atoms with Crippen molar-refractivity contribution in [2.75, 3.05) is 19.8 Å². The summed E-state index contributed by atoms with van der Waals surface area (Å²) in [6.07, 6.45) is 11.7. The lowest BCUT2D eigenvalue weighted by Crippen LogP contribution is -2.70. The van der Waals surface area contributed by atoms with Gasteiger partial charge in [0.15, 0.2) is 5.82 Å². The quantitative estimate of drug-likeness (QED) is 0.201. The number of aromatic nitrogens is 4. The van der Waals surface area contributed by atoms with Crippen LogP contribution in [0.15, 0.2) is 42.5 Å². The first-order chi connectivity index (χ1) is 25.2. The van der Waals surface area contributed by atoms with E-state index in [2.05, 4.69) is 91.9 Å². The van der Waals surface area contributed by atoms with Crippen molar-refractivity contribution in [1.82, 2.24) is 19.7 Å². The highest BCUT2D eigenvalue weighted by Crippen LogP contribution is 2.74. The normalized spacial score (nSPS) is 40.8. The first kappa shape index (κ1) is 39.4. The first-order valence-electron chi connectivity index (χ1n) is 20.5. The second-order valence-corrected chi connectivity index (χ2v) is 20.8. The van der Waals surface area contributed by atoms with Gasteiger partial charge in [-0.15, -0.1) is 0 Å². The van der Waals surface area contributed by atoms with Gasteiger partial charge in [-0.2, -0.15) is 5.10 Å². The Labute approximate surface area is 323 Å². The molecule has 3 heterocycles. The van der Waals surface area contributed by atoms with E-state index in [9.17, 15) is 9.90 Å². The van der Waals surface area contributed by atoms with Gasteiger partial charge in [-0.3, -0.25) is 4.98 Å². The van der Waals surface area contributed by atoms with E-state index in [-0.39, 0.29) is 50.6 Å². The van der Waals surface area contributed by atoms with Crippen LogP contribution in [0.25, 0.3) is 11.4 Å². The number of hydrogen-bond acceptors (Lipinski definition) is 8. The summed E-state index contributed by atoms with van der Waals surface area (Å²) in [4.78, 5) is 21.8. The van der Waals surface area contributed by atoms with E-state index in [0.717, 1.165) is 49.9 Å². The number of ether oxygens (including phenoxy) is 3. The Morgan fingerprint density at radius 1 is 1.09 bits per heavy atom. The van der Waals surface area contributed by atoms with Crippen LogP contribution in [0.3, 0.4) is 0 Å². The molecule has 298 valence electrons. The number of allylic oxidation sites excluding steroid dienone is 1. The fourth-order valence-electron chi connectivity index (χ4n) is 12.5. The molecule has 12 atom stereocenters. The molecule has 0 unspecified atom stereocenters. The van der Waals surface area contributed by atoms with Gasteiger partial charge in [-0.05, 0) is 92.1 Å². The van der Waals surface area contributed by atoms with Crippen molar-refractivity contribution in [2.45, 2.75) is 138 Å². The summed E-state index contributed by atoms with van der Waals surface area (Å²) in [7, 11) is 0. The molecule has 5 aliphatic rings. The molecule has 10 heteroatoms. The van der Waals surface area contributed by atoms with E-state index in [4.69, 9.17) is 30.0 Å². The summed E-state index contributed by atoms with van der Waals surface area (Å²) in [5.74, 6) is 2.11. The maximum Gasteiger partial charge on any atom is 0.506 e. The predicted octanol–water partition coefficient (Wildman–Crippen LogP) is 8.98. The largest absolute Gasteiger partial charge is 0.506 e. The van der Waals surface area contributed by atoms with Gasteiger partial charge in [0.2, 0.25) is 0 Å². The number of hydrogen-bond donors (Lipinski definition) is 2. The number of nitrogens with two attached hydrogens (primary N) is 1. The second kappa shape index (κ2) is 13.1. The number of carboxylic acid groups (broad SMARTS) is 1. The average molecular weight is 746 g/mol. The van der Waals surface area contributed by atoms with Crippen molar-refractivity contribution in [1.29, 1.82) is 0 Å². The number of fused-ring (bicyclic) bond motifs is 3. The van der Waals surface area contributed by atoms with Crippen molar-refractivity contribution in [3.63, 3.8) is 0 Å². The zero-order valence-electron chi connectivity index (χ0n) is 34.8. The number of rotatable bonds is 8. The van der Waals surface area contributed by atoms with Crippen LogP contribution in [0.5, 0.6) is 0 Å². The minimum Gasteiger partial charge on any atom is -0.450 e. The van der Waals surface area contributed by atoms with Gasteiger partial charge in [-0.25, -0.2) is 14.5 Å². The highest BCUT2D eigenvalue weighted by molar-refractivity contribution is 5.57. The van der Waals surface area contributed by atoms with Crippen LogP contribution in [0.2, 0.25) is 0 Å². The molecule has 1 saturated heterocycles. The Bertz CT molecular complexity index is 1750. The Balaban J connectivity index is 1.35. The first-order valence-corrected chi connectivity index (χ1v) is 20.5. The summed E-state index contributed by atoms with van der Waals surface area (Å²) in [5, 5.41) is 15.2. The Hall–Kier alpha value is -2.82. The minimum atomic E-state index is -1.17. The predicted molar refractivity (Wildman–Crippen MR) is 209 cm³/mol. The highest BCUT2D eigenvalue weighted by atomic mass is 16.7. The van der Waals surface area contributed by atoms with Crippen molar-refractivity contribution in [3.8, 4) is 11.4 Å². The number of nitrogens with zero attached hydrogens (tertiary/aromatic N) is 4. The number of pyridine rings is 1. The monoisotopic (exact) mass is 746 g/mol. The summed E-state index contributed by atoms with van der Waals surface area (Å²) in [6.45, 7) is 26.6. The molecule has 2 bridgehead atoms. The van der Waals surface area contributed by atoms with Gasteiger partial charge in [0.05, 0.1) is 32.0 Å². The van der Waals surface area contributed by atoms with Crippen molar-refractivity contribution in [3.05, 3.63) is 42.5 Å². The fourth-order valence-corrected chi connectivity index (χ4v) is 12.5. The third kappa shape index (κ3) is 5.65. The van der Waals surface area contributed by atoms with Crippen LogP contribution in [-0.4, -0.2) is 68.6 Å². The molecule has 0 radical (unpaired) electrons. The Morgan fingerprint density at radius 2 is 1.83 bits per heavy atom. The van der Waals surface area contributed by atoms with Gasteiger partial charge < -0.3 is 25.1 Å². The van der Waals surface area contributed by atoms with Crippen LogP contribution in [0.4, 0.5) is 4.79 Å². The van der Waals surface area contributed by atoms with Crippen LogP contribution in [0, 0.1) is 56.2 Å². The Kier molecular flexibility index (Phi) is 9.58. The van der Waals surface area contributed by atoms with E-state index < -0.39 is 17.8 Å². The molecule has 0 spiro atoms. The molecule has 0 amide bonds. The summed E-state index contributed by atoms with van der Waals surface area (Å²) in [5.41, 5.74) is 7.34. The van der Waals surface area contributed by atoms with Crippen LogP contribution < -0.4 is 5.73 Å². The third-order valence-corrected chi connectivity index (χ3v) is 17.0. The average Bonchev–Trinajstić information content (AvgIpc) is 3.59. The SMILES string of the molecule is CC(C)[C@@H](C)[C@@]1(C)CC[C@]2(C)[C@H]3CC[C@@H]4[C@@]5(COC[C@@]4(C)[C@@H](OC[C@](C)(N)C(C)(C)C)[C@H](n4ncnc4-c4cccnc4)C5)C3=CC[C@]2(C)[C@@H]1OC(=O)O. The summed E-state index contributed by atoms with van der Waals surface area (Å²) in [6, 6.07) is 3.86. The highest BCUT2D eigenvalue weighted by Gasteiger charge is 2.72. The van der Waals surface area contributed by atoms with Gasteiger partial charge in [-0.1, -0.05) is 80.9 Å². The lowest BCUT2D eigenvalue weighted by atomic mass is 9.35. The molecule has 0 aromatic carbocycles. The molecule has 7 rings (SSSR count). The molecule has 54 heavy (non-hydrogen) atoms. The maximum atomic E-state index is 12.5. The maximum absolute atomic E-state index is 12.5. The lowest BCUT2D eigenvalue weighted by Gasteiger charge is -2.71. The van der Waals surface area contributed by atoms with E-state index in [0.29, 0.717) is 37.6 Å². The van der Waals surface area contributed by atoms with Gasteiger partial charge >= 0.3 is 6.16 Å². The van der Waals surface area contributed by atoms with E-state index >= 15 is 0 Å². The smallest absolute Gasteiger partial charge is 0.450 e. The van der Waals surface area contributed by atoms with Crippen molar-refractivity contribution in [2.24, 2.45) is 61.9 Å². The van der Waals surface area contributed by atoms with Gasteiger partial charge in [0.1, 0.15) is 12.4 Å². The molecular weight excluding hydrogens is 679 g/mol. The van der Waals surface area contributed by atoms with Crippen LogP contribution in [-0.2, 0) is 14.2 Å². The molecule has 4 aliphatic carbocycles. The van der Waals surface area contributed by atoms with Gasteiger partial charge in [0, 0.05) is 45.2 Å². The topological polar surface area (TPSA) is 135 Å². The number of carbonyl (C=O) groups is 1. The van der Waals surface area contributed by atoms with E-state index in [1.54, 1.807) is 12.5 Å². The zero-order valence-corrected chi connectivity index (χ0v) is 34.8. The summed E-state index contributed by atoms with van der Waals surface area (Å²) >= 11 is 0. The second-order valence-electron chi connectivity index (χ2n) is 20.8. The van der Waals surface area contributed by atoms with Crippen molar-refractivity contribution >= 4 is 6.16 Å². The fraction of sp³-hybridized carbons (Fsp3) is 0.773. The molecular formula is C44H67N5O5. The minimum absolute atomic E-state index is 0.131. The third-order valence-electron chi connectivity index (χ3n) is 17.0. The van der Waals surface area contributed by atoms with Gasteiger partial charge in [0.25, 0.3) is 0 Å². The summed E-state index contributed by atoms with van der Waals surface area (Å²) < 4.78 is 22.3. The zero-order chi connectivity index (χ0) is 39.3. The Morgan fingerprint density at radius 3 is 2.48 bits per heavy atom. The van der Waals surface area contributed by atoms with Crippen LogP contribution in [0.1, 0.15) is 121 Å². The van der Waals surface area contributed by atoms with E-state index in [1.807, 2.05) is 18.3 Å². The molecule has 2 aromatic rings. The van der Waals surface area contributed by atoms with Crippen LogP contribution >= 0.6 is 0 Å². The molecule has 1 aliphatic heterocycles. The molecule has 2 aromatic heterocycles. The molecule has 4 fully saturated rings. The van der Waals surface area contributed by atoms with E-state index in [1.165, 1.54) is 5.57 Å².